The summed E-state index contributed by atoms with van der Waals surface area (Å²) in [4.78, 5) is 0. The predicted molar refractivity (Wildman–Crippen MR) is 52.8 cm³/mol. The fourth-order valence-electron chi connectivity index (χ4n) is 0.680. The van der Waals surface area contributed by atoms with Crippen LogP contribution in [0.3, 0.4) is 0 Å². The van der Waals surface area contributed by atoms with Gasteiger partial charge in [-0.3, -0.25) is 0 Å². The molecular weight excluding hydrogens is 338 g/mol. The van der Waals surface area contributed by atoms with E-state index < -0.39 is 24.9 Å². The van der Waals surface area contributed by atoms with E-state index in [1.807, 2.05) is 0 Å². The smallest absolute Gasteiger partial charge is 0.149 e. The van der Waals surface area contributed by atoms with Crippen molar-refractivity contribution in [1.82, 2.24) is 20.2 Å². The molecule has 1 heterocycles. The van der Waals surface area contributed by atoms with Crippen LogP contribution in [0.4, 0.5) is 13.2 Å². The van der Waals surface area contributed by atoms with Gasteiger partial charge in [0.1, 0.15) is 0 Å². The van der Waals surface area contributed by atoms with Crippen LogP contribution < -0.4 is 0 Å². The molecule has 0 spiro atoms. The molecule has 0 atom stereocenters. The molecule has 92 valence electrons. The largest absolute Gasteiger partial charge is 0.507 e. The molecule has 0 saturated carbocycles. The van der Waals surface area contributed by atoms with Gasteiger partial charge in [0.05, 0.1) is 0 Å². The lowest BCUT2D eigenvalue weighted by molar-refractivity contribution is -0.215. The maximum atomic E-state index is 12.4. The number of rotatable bonds is 1. The summed E-state index contributed by atoms with van der Waals surface area (Å²) in [5, 5.41) is 8.40. The second kappa shape index (κ2) is 4.20. The van der Waals surface area contributed by atoms with Crippen LogP contribution in [0.25, 0.3) is 0 Å². The Morgan fingerprint density at radius 1 is 1.00 bits per heavy atom. The molecular formula is C4Cl5F3N4. The van der Waals surface area contributed by atoms with E-state index >= 15 is 0 Å². The number of alkyl halides is 8. The highest BCUT2D eigenvalue weighted by Crippen LogP contribution is 2.52. The van der Waals surface area contributed by atoms with Crippen LogP contribution in [0.15, 0.2) is 0 Å². The standard InChI is InChI=1S/C4Cl5F3N4/c5-2(6,3(7,8)9)1-13-14-15-16(1)4(10,11)12. The first-order chi connectivity index (χ1) is 6.98. The highest BCUT2D eigenvalue weighted by molar-refractivity contribution is 6.75. The fourth-order valence-corrected chi connectivity index (χ4v) is 1.17. The number of tetrazole rings is 1. The predicted octanol–water partition coefficient (Wildman–Crippen LogP) is 3.15. The number of nitrogens with zero attached hydrogens (tertiary/aromatic N) is 4. The molecule has 0 unspecified atom stereocenters. The number of hydrogen-bond acceptors (Lipinski definition) is 3. The van der Waals surface area contributed by atoms with Gasteiger partial charge in [-0.05, 0) is 10.4 Å². The van der Waals surface area contributed by atoms with Crippen LogP contribution in [0.5, 0.6) is 0 Å². The average Bonchev–Trinajstić information content (AvgIpc) is 2.47. The molecule has 16 heavy (non-hydrogen) atoms. The lowest BCUT2D eigenvalue weighted by atomic mass is 10.4. The molecule has 0 saturated heterocycles. The van der Waals surface area contributed by atoms with Crippen molar-refractivity contribution in [3.05, 3.63) is 5.82 Å². The molecule has 0 aliphatic rings. The van der Waals surface area contributed by atoms with Crippen LogP contribution in [-0.4, -0.2) is 24.0 Å². The van der Waals surface area contributed by atoms with Crippen molar-refractivity contribution in [2.24, 2.45) is 0 Å². The number of halogens is 8. The summed E-state index contributed by atoms with van der Waals surface area (Å²) in [5.74, 6) is -1.04. The lowest BCUT2D eigenvalue weighted by Crippen LogP contribution is -2.35. The van der Waals surface area contributed by atoms with Gasteiger partial charge >= 0.3 is 6.30 Å². The Labute approximate surface area is 112 Å². The Hall–Kier alpha value is 0.310. The normalized spacial score (nSPS) is 14.2. The molecule has 0 radical (unpaired) electrons. The summed E-state index contributed by atoms with van der Waals surface area (Å²) in [5.41, 5.74) is 0. The van der Waals surface area contributed by atoms with Crippen molar-refractivity contribution in [2.45, 2.75) is 14.4 Å². The van der Waals surface area contributed by atoms with E-state index in [0.717, 1.165) is 0 Å². The molecule has 1 aromatic heterocycles. The zero-order chi connectivity index (χ0) is 12.8. The van der Waals surface area contributed by atoms with Gasteiger partial charge in [-0.2, -0.15) is 0 Å². The highest BCUT2D eigenvalue weighted by Gasteiger charge is 2.54. The SMILES string of the molecule is FC(F)(F)n1nnnc1C(Cl)(Cl)C(Cl)(Cl)Cl. The Kier molecular flexibility index (Phi) is 3.78. The van der Waals surface area contributed by atoms with Crippen molar-refractivity contribution in [2.75, 3.05) is 0 Å². The molecule has 12 heteroatoms. The third kappa shape index (κ3) is 2.59. The van der Waals surface area contributed by atoms with Crippen LogP contribution in [0.2, 0.25) is 0 Å². The van der Waals surface area contributed by atoms with Crippen molar-refractivity contribution < 1.29 is 13.2 Å². The Morgan fingerprint density at radius 3 is 1.88 bits per heavy atom. The van der Waals surface area contributed by atoms with Gasteiger partial charge in [0, 0.05) is 0 Å². The average molecular weight is 338 g/mol. The minimum atomic E-state index is -4.93. The minimum absolute atomic E-state index is 0.588. The molecule has 0 amide bonds. The van der Waals surface area contributed by atoms with Gasteiger partial charge in [-0.1, -0.05) is 58.0 Å². The molecule has 0 N–H and O–H groups in total. The monoisotopic (exact) mass is 336 g/mol. The molecule has 0 fully saturated rings. The van der Waals surface area contributed by atoms with Crippen molar-refractivity contribution in [3.63, 3.8) is 0 Å². The van der Waals surface area contributed by atoms with Crippen molar-refractivity contribution in [1.29, 1.82) is 0 Å². The maximum Gasteiger partial charge on any atom is 0.507 e. The fraction of sp³-hybridized carbons (Fsp3) is 0.750. The van der Waals surface area contributed by atoms with E-state index in [-0.39, 0.29) is 0 Å². The number of aromatic nitrogens is 4. The summed E-state index contributed by atoms with van der Waals surface area (Å²) in [6.07, 6.45) is -4.93. The van der Waals surface area contributed by atoms with Crippen molar-refractivity contribution in [3.8, 4) is 0 Å². The maximum absolute atomic E-state index is 12.4. The van der Waals surface area contributed by atoms with E-state index in [2.05, 4.69) is 15.5 Å². The lowest BCUT2D eigenvalue weighted by Gasteiger charge is -2.25. The quantitative estimate of drug-likeness (QED) is 0.739. The van der Waals surface area contributed by atoms with E-state index in [4.69, 9.17) is 58.0 Å². The molecule has 0 aliphatic carbocycles. The van der Waals surface area contributed by atoms with Crippen molar-refractivity contribution >= 4 is 58.0 Å². The van der Waals surface area contributed by atoms with Crippen LogP contribution in [0.1, 0.15) is 5.82 Å². The third-order valence-corrected chi connectivity index (χ3v) is 3.68. The third-order valence-electron chi connectivity index (χ3n) is 1.35. The van der Waals surface area contributed by atoms with Crippen LogP contribution >= 0.6 is 58.0 Å². The molecule has 1 aromatic rings. The molecule has 0 bridgehead atoms. The van der Waals surface area contributed by atoms with Gasteiger partial charge in [-0.25, -0.2) is 0 Å². The molecule has 0 aliphatic heterocycles. The van der Waals surface area contributed by atoms with E-state index in [9.17, 15) is 13.2 Å². The van der Waals surface area contributed by atoms with Gasteiger partial charge in [0.25, 0.3) is 0 Å². The van der Waals surface area contributed by atoms with E-state index in [1.54, 1.807) is 0 Å². The Bertz CT molecular complexity index is 382. The first kappa shape index (κ1) is 14.4. The molecule has 0 aromatic carbocycles. The summed E-state index contributed by atoms with van der Waals surface area (Å²) in [7, 11) is 0. The van der Waals surface area contributed by atoms with Gasteiger partial charge in [0.15, 0.2) is 0 Å². The van der Waals surface area contributed by atoms with Crippen LogP contribution in [-0.2, 0) is 10.6 Å². The minimum Gasteiger partial charge on any atom is -0.149 e. The van der Waals surface area contributed by atoms with Crippen LogP contribution in [0, 0.1) is 0 Å². The summed E-state index contributed by atoms with van der Waals surface area (Å²) >= 11 is 27.0. The molecule has 1 rings (SSSR count). The van der Waals surface area contributed by atoms with E-state index in [0.29, 0.717) is 0 Å². The molecule has 4 nitrogen and oxygen atoms in total. The topological polar surface area (TPSA) is 43.6 Å². The summed E-state index contributed by atoms with van der Waals surface area (Å²) < 4.78 is 31.6. The second-order valence-corrected chi connectivity index (χ2v) is 6.06. The zero-order valence-corrected chi connectivity index (χ0v) is 10.6. The van der Waals surface area contributed by atoms with Gasteiger partial charge < -0.3 is 0 Å². The Balaban J connectivity index is 3.31. The van der Waals surface area contributed by atoms with Gasteiger partial charge in [0.2, 0.25) is 14.0 Å². The first-order valence-electron chi connectivity index (χ1n) is 3.28. The second-order valence-electron chi connectivity index (χ2n) is 2.45. The summed E-state index contributed by atoms with van der Waals surface area (Å²) in [6, 6.07) is 0. The zero-order valence-electron chi connectivity index (χ0n) is 6.81. The van der Waals surface area contributed by atoms with E-state index in [1.165, 1.54) is 0 Å². The number of hydrogen-bond donors (Lipinski definition) is 0. The van der Waals surface area contributed by atoms with Gasteiger partial charge in [-0.15, -0.1) is 23.0 Å². The highest BCUT2D eigenvalue weighted by atomic mass is 35.6. The first-order valence-corrected chi connectivity index (χ1v) is 5.17. The summed E-state index contributed by atoms with van der Waals surface area (Å²) in [6.45, 7) is 0. The Morgan fingerprint density at radius 2 is 1.50 bits per heavy atom.